The molecule has 0 aliphatic heterocycles. The van der Waals surface area contributed by atoms with Crippen LogP contribution in [0.5, 0.6) is 11.5 Å². The van der Waals surface area contributed by atoms with Crippen molar-refractivity contribution in [1.82, 2.24) is 4.98 Å². The number of pyridine rings is 1. The summed E-state index contributed by atoms with van der Waals surface area (Å²) in [5, 5.41) is 6.08. The molecule has 0 bridgehead atoms. The Kier molecular flexibility index (Phi) is 6.68. The SMILES string of the molecule is CCOc1ccc(NC(=O)c2ccnc(Nc3ccc(OC(C)C)cc3)c2)cc1. The molecule has 0 aliphatic rings. The van der Waals surface area contributed by atoms with Crippen LogP contribution in [0.4, 0.5) is 17.2 Å². The van der Waals surface area contributed by atoms with E-state index in [2.05, 4.69) is 15.6 Å². The van der Waals surface area contributed by atoms with Crippen LogP contribution < -0.4 is 20.1 Å². The van der Waals surface area contributed by atoms with Gasteiger partial charge in [0.1, 0.15) is 17.3 Å². The predicted octanol–water partition coefficient (Wildman–Crippen LogP) is 5.26. The summed E-state index contributed by atoms with van der Waals surface area (Å²) in [4.78, 5) is 16.9. The van der Waals surface area contributed by atoms with E-state index >= 15 is 0 Å². The summed E-state index contributed by atoms with van der Waals surface area (Å²) in [7, 11) is 0. The van der Waals surface area contributed by atoms with Crippen molar-refractivity contribution in [3.05, 3.63) is 72.4 Å². The first kappa shape index (κ1) is 20.2. The van der Waals surface area contributed by atoms with E-state index in [-0.39, 0.29) is 12.0 Å². The molecule has 0 saturated heterocycles. The molecular weight excluding hydrogens is 366 g/mol. The predicted molar refractivity (Wildman–Crippen MR) is 115 cm³/mol. The van der Waals surface area contributed by atoms with Crippen molar-refractivity contribution in [2.45, 2.75) is 26.9 Å². The number of carbonyl (C=O) groups is 1. The van der Waals surface area contributed by atoms with Crippen LogP contribution >= 0.6 is 0 Å². The molecule has 150 valence electrons. The number of hydrogen-bond acceptors (Lipinski definition) is 5. The Balaban J connectivity index is 1.64. The van der Waals surface area contributed by atoms with Gasteiger partial charge in [0.2, 0.25) is 0 Å². The van der Waals surface area contributed by atoms with Crippen molar-refractivity contribution in [3.63, 3.8) is 0 Å². The van der Waals surface area contributed by atoms with E-state index in [1.165, 1.54) is 0 Å². The van der Waals surface area contributed by atoms with Crippen molar-refractivity contribution in [1.29, 1.82) is 0 Å². The number of ether oxygens (including phenoxy) is 2. The van der Waals surface area contributed by atoms with Gasteiger partial charge in [-0.2, -0.15) is 0 Å². The third-order valence-corrected chi connectivity index (χ3v) is 3.94. The quantitative estimate of drug-likeness (QED) is 0.548. The Morgan fingerprint density at radius 3 is 2.28 bits per heavy atom. The van der Waals surface area contributed by atoms with Gasteiger partial charge in [-0.3, -0.25) is 4.79 Å². The Hall–Kier alpha value is -3.54. The Morgan fingerprint density at radius 2 is 1.62 bits per heavy atom. The van der Waals surface area contributed by atoms with Gasteiger partial charge in [0.15, 0.2) is 0 Å². The highest BCUT2D eigenvalue weighted by Gasteiger charge is 2.08. The Labute approximate surface area is 170 Å². The van der Waals surface area contributed by atoms with Crippen molar-refractivity contribution in [2.24, 2.45) is 0 Å². The van der Waals surface area contributed by atoms with Crippen LogP contribution in [-0.2, 0) is 0 Å². The molecule has 0 unspecified atom stereocenters. The highest BCUT2D eigenvalue weighted by atomic mass is 16.5. The molecular formula is C23H25N3O3. The summed E-state index contributed by atoms with van der Waals surface area (Å²) in [6.07, 6.45) is 1.73. The van der Waals surface area contributed by atoms with Crippen LogP contribution in [0.3, 0.4) is 0 Å². The van der Waals surface area contributed by atoms with Crippen LogP contribution in [0.1, 0.15) is 31.1 Å². The second kappa shape index (κ2) is 9.59. The first-order valence-corrected chi connectivity index (χ1v) is 9.57. The largest absolute Gasteiger partial charge is 0.494 e. The van der Waals surface area contributed by atoms with Gasteiger partial charge in [-0.15, -0.1) is 0 Å². The van der Waals surface area contributed by atoms with Crippen LogP contribution in [0.15, 0.2) is 66.9 Å². The van der Waals surface area contributed by atoms with E-state index in [1.54, 1.807) is 18.3 Å². The van der Waals surface area contributed by atoms with E-state index in [0.29, 0.717) is 23.7 Å². The standard InChI is InChI=1S/C23H25N3O3/c1-4-28-20-9-5-19(6-10-20)26-23(27)17-13-14-24-22(15-17)25-18-7-11-21(12-8-18)29-16(2)3/h5-16H,4H2,1-3H3,(H,24,25)(H,26,27). The molecule has 6 nitrogen and oxygen atoms in total. The highest BCUT2D eigenvalue weighted by Crippen LogP contribution is 2.21. The summed E-state index contributed by atoms with van der Waals surface area (Å²) in [5.41, 5.74) is 2.07. The van der Waals surface area contributed by atoms with Crippen molar-refractivity contribution in [3.8, 4) is 11.5 Å². The topological polar surface area (TPSA) is 72.5 Å². The fourth-order valence-electron chi connectivity index (χ4n) is 2.68. The number of amides is 1. The molecule has 0 atom stereocenters. The van der Waals surface area contributed by atoms with Crippen molar-refractivity contribution >= 4 is 23.1 Å². The molecule has 1 heterocycles. The summed E-state index contributed by atoms with van der Waals surface area (Å²) < 4.78 is 11.1. The van der Waals surface area contributed by atoms with Crippen LogP contribution in [0.2, 0.25) is 0 Å². The minimum atomic E-state index is -0.208. The maximum Gasteiger partial charge on any atom is 0.255 e. The maximum atomic E-state index is 12.6. The van der Waals surface area contributed by atoms with Gasteiger partial charge in [0.25, 0.3) is 5.91 Å². The number of nitrogens with one attached hydrogen (secondary N) is 2. The van der Waals surface area contributed by atoms with Crippen LogP contribution in [0, 0.1) is 0 Å². The molecule has 29 heavy (non-hydrogen) atoms. The molecule has 0 aliphatic carbocycles. The molecule has 6 heteroatoms. The minimum Gasteiger partial charge on any atom is -0.494 e. The fourth-order valence-corrected chi connectivity index (χ4v) is 2.68. The van der Waals surface area contributed by atoms with E-state index in [1.807, 2.05) is 69.3 Å². The van der Waals surface area contributed by atoms with Gasteiger partial charge in [0, 0.05) is 23.1 Å². The molecule has 1 aromatic heterocycles. The lowest BCUT2D eigenvalue weighted by molar-refractivity contribution is 0.102. The van der Waals surface area contributed by atoms with Gasteiger partial charge >= 0.3 is 0 Å². The average Bonchev–Trinajstić information content (AvgIpc) is 2.71. The lowest BCUT2D eigenvalue weighted by Crippen LogP contribution is -2.12. The second-order valence-corrected chi connectivity index (χ2v) is 6.66. The van der Waals surface area contributed by atoms with Crippen LogP contribution in [-0.4, -0.2) is 23.6 Å². The van der Waals surface area contributed by atoms with Gasteiger partial charge in [-0.1, -0.05) is 0 Å². The fraction of sp³-hybridized carbons (Fsp3) is 0.217. The number of carbonyl (C=O) groups excluding carboxylic acids is 1. The number of hydrogen-bond donors (Lipinski definition) is 2. The van der Waals surface area contributed by atoms with E-state index in [0.717, 1.165) is 17.2 Å². The normalized spacial score (nSPS) is 10.5. The third kappa shape index (κ3) is 5.97. The molecule has 2 N–H and O–H groups in total. The lowest BCUT2D eigenvalue weighted by Gasteiger charge is -2.11. The zero-order chi connectivity index (χ0) is 20.6. The number of benzene rings is 2. The van der Waals surface area contributed by atoms with E-state index < -0.39 is 0 Å². The summed E-state index contributed by atoms with van der Waals surface area (Å²) in [6.45, 7) is 6.50. The molecule has 0 saturated carbocycles. The lowest BCUT2D eigenvalue weighted by atomic mass is 10.2. The second-order valence-electron chi connectivity index (χ2n) is 6.66. The molecule has 1 amide bonds. The smallest absolute Gasteiger partial charge is 0.255 e. The zero-order valence-corrected chi connectivity index (χ0v) is 16.8. The molecule has 0 spiro atoms. The van der Waals surface area contributed by atoms with Gasteiger partial charge < -0.3 is 20.1 Å². The summed E-state index contributed by atoms with van der Waals surface area (Å²) >= 11 is 0. The van der Waals surface area contributed by atoms with Gasteiger partial charge in [-0.25, -0.2) is 4.98 Å². The van der Waals surface area contributed by atoms with Crippen molar-refractivity contribution < 1.29 is 14.3 Å². The summed E-state index contributed by atoms with van der Waals surface area (Å²) in [5.74, 6) is 1.95. The Bertz CT molecular complexity index is 938. The number of anilines is 3. The maximum absolute atomic E-state index is 12.6. The summed E-state index contributed by atoms with van der Waals surface area (Å²) in [6, 6.07) is 18.3. The molecule has 3 rings (SSSR count). The van der Waals surface area contributed by atoms with Crippen LogP contribution in [0.25, 0.3) is 0 Å². The monoisotopic (exact) mass is 391 g/mol. The highest BCUT2D eigenvalue weighted by molar-refractivity contribution is 6.04. The minimum absolute atomic E-state index is 0.126. The number of nitrogens with zero attached hydrogens (tertiary/aromatic N) is 1. The van der Waals surface area contributed by atoms with Crippen molar-refractivity contribution in [2.75, 3.05) is 17.2 Å². The first-order valence-electron chi connectivity index (χ1n) is 9.57. The van der Waals surface area contributed by atoms with E-state index in [4.69, 9.17) is 9.47 Å². The molecule has 3 aromatic rings. The van der Waals surface area contributed by atoms with Gasteiger partial charge in [-0.05, 0) is 81.4 Å². The first-order chi connectivity index (χ1) is 14.0. The van der Waals surface area contributed by atoms with E-state index in [9.17, 15) is 4.79 Å². The molecule has 0 fully saturated rings. The molecule has 2 aromatic carbocycles. The zero-order valence-electron chi connectivity index (χ0n) is 16.8. The van der Waals surface area contributed by atoms with Gasteiger partial charge in [0.05, 0.1) is 12.7 Å². The average molecular weight is 391 g/mol. The third-order valence-electron chi connectivity index (χ3n) is 3.94. The Morgan fingerprint density at radius 1 is 0.966 bits per heavy atom. The number of rotatable bonds is 8. The number of aromatic nitrogens is 1. The molecule has 0 radical (unpaired) electrons.